The fourth-order valence-electron chi connectivity index (χ4n) is 5.95. The summed E-state index contributed by atoms with van der Waals surface area (Å²) in [6.45, 7) is 11.7. The molecule has 2 aliphatic carbocycles. The summed E-state index contributed by atoms with van der Waals surface area (Å²) in [5.41, 5.74) is 0.444. The van der Waals surface area contributed by atoms with Crippen LogP contribution in [-0.2, 0) is 14.0 Å². The lowest BCUT2D eigenvalue weighted by atomic mass is 9.58. The van der Waals surface area contributed by atoms with E-state index in [1.54, 1.807) is 0 Å². The quantitative estimate of drug-likeness (QED) is 0.341. The normalized spacial score (nSPS) is 28.9. The van der Waals surface area contributed by atoms with Crippen molar-refractivity contribution in [2.45, 2.75) is 108 Å². The minimum atomic E-state index is -4.50. The van der Waals surface area contributed by atoms with Crippen LogP contribution in [0.5, 0.6) is 0 Å². The molecule has 2 fully saturated rings. The molecular formula is C21H37F3O3Si. The van der Waals surface area contributed by atoms with Crippen LogP contribution in [0.1, 0.15) is 80.1 Å². The summed E-state index contributed by atoms with van der Waals surface area (Å²) in [5, 5.41) is 0. The number of ether oxygens (including phenoxy) is 1. The third kappa shape index (κ3) is 4.45. The molecular weight excluding hydrogens is 385 g/mol. The highest BCUT2D eigenvalue weighted by Gasteiger charge is 2.63. The van der Waals surface area contributed by atoms with Gasteiger partial charge in [-0.2, -0.15) is 13.2 Å². The van der Waals surface area contributed by atoms with Gasteiger partial charge in [0, 0.05) is 0 Å². The number of rotatable bonds is 7. The lowest BCUT2D eigenvalue weighted by Crippen LogP contribution is -2.66. The summed E-state index contributed by atoms with van der Waals surface area (Å²) < 4.78 is 49.6. The molecule has 0 amide bonds. The van der Waals surface area contributed by atoms with Gasteiger partial charge in [-0.05, 0) is 41.8 Å². The Bertz CT molecular complexity index is 526. The zero-order valence-corrected chi connectivity index (χ0v) is 19.2. The van der Waals surface area contributed by atoms with E-state index >= 15 is 0 Å². The van der Waals surface area contributed by atoms with Crippen molar-refractivity contribution in [2.24, 2.45) is 11.8 Å². The first kappa shape index (κ1) is 23.7. The van der Waals surface area contributed by atoms with Gasteiger partial charge in [-0.3, -0.25) is 4.79 Å². The smallest absolute Gasteiger partial charge is 0.422 e. The predicted octanol–water partition coefficient (Wildman–Crippen LogP) is 6.62. The molecule has 0 radical (unpaired) electrons. The summed E-state index contributed by atoms with van der Waals surface area (Å²) in [5.74, 6) is -1.04. The van der Waals surface area contributed by atoms with Crippen molar-refractivity contribution in [1.29, 1.82) is 0 Å². The number of hydrogen-bond acceptors (Lipinski definition) is 3. The Labute approximate surface area is 168 Å². The molecule has 0 unspecified atom stereocenters. The van der Waals surface area contributed by atoms with Gasteiger partial charge in [0.2, 0.25) is 8.32 Å². The van der Waals surface area contributed by atoms with E-state index in [1.165, 1.54) is 0 Å². The van der Waals surface area contributed by atoms with E-state index in [0.29, 0.717) is 23.0 Å². The van der Waals surface area contributed by atoms with Crippen LogP contribution in [0.25, 0.3) is 0 Å². The Balaban J connectivity index is 2.35. The number of esters is 1. The van der Waals surface area contributed by atoms with E-state index in [4.69, 9.17) is 9.16 Å². The highest BCUT2D eigenvalue weighted by atomic mass is 28.4. The average Bonchev–Trinajstić information content (AvgIpc) is 2.69. The molecule has 164 valence electrons. The van der Waals surface area contributed by atoms with Crippen LogP contribution >= 0.6 is 0 Å². The summed E-state index contributed by atoms with van der Waals surface area (Å²) in [7, 11) is -2.28. The second kappa shape index (κ2) is 8.66. The summed E-state index contributed by atoms with van der Waals surface area (Å²) >= 11 is 0. The zero-order chi connectivity index (χ0) is 21.3. The van der Waals surface area contributed by atoms with Crippen LogP contribution in [0.2, 0.25) is 16.6 Å². The van der Waals surface area contributed by atoms with E-state index in [9.17, 15) is 18.0 Å². The van der Waals surface area contributed by atoms with Crippen molar-refractivity contribution in [3.8, 4) is 0 Å². The molecule has 3 nitrogen and oxygen atoms in total. The van der Waals surface area contributed by atoms with Crippen molar-refractivity contribution in [2.75, 3.05) is 6.61 Å². The molecule has 0 aromatic heterocycles. The second-order valence-electron chi connectivity index (χ2n) is 9.68. The van der Waals surface area contributed by atoms with Crippen LogP contribution in [-0.4, -0.2) is 32.7 Å². The molecule has 0 aliphatic heterocycles. The Morgan fingerprint density at radius 1 is 1.04 bits per heavy atom. The van der Waals surface area contributed by atoms with Crippen LogP contribution < -0.4 is 0 Å². The lowest BCUT2D eigenvalue weighted by molar-refractivity contribution is -0.210. The minimum Gasteiger partial charge on any atom is -0.456 e. The minimum absolute atomic E-state index is 0.251. The lowest BCUT2D eigenvalue weighted by Gasteiger charge is -2.60. The molecule has 0 aromatic carbocycles. The molecule has 0 heterocycles. The van der Waals surface area contributed by atoms with E-state index in [2.05, 4.69) is 41.5 Å². The van der Waals surface area contributed by atoms with Crippen molar-refractivity contribution in [1.82, 2.24) is 0 Å². The monoisotopic (exact) mass is 422 g/mol. The summed E-state index contributed by atoms with van der Waals surface area (Å²) in [6.07, 6.45) is 0.980. The van der Waals surface area contributed by atoms with Gasteiger partial charge in [0.15, 0.2) is 6.61 Å². The highest BCUT2D eigenvalue weighted by Crippen LogP contribution is 2.59. The number of alkyl halides is 3. The van der Waals surface area contributed by atoms with Gasteiger partial charge in [-0.1, -0.05) is 60.8 Å². The van der Waals surface area contributed by atoms with Crippen LogP contribution in [0.3, 0.4) is 0 Å². The Kier molecular flexibility index (Phi) is 7.34. The molecule has 3 atom stereocenters. The van der Waals surface area contributed by atoms with E-state index in [0.717, 1.165) is 32.1 Å². The number of carbonyl (C=O) groups is 1. The van der Waals surface area contributed by atoms with Gasteiger partial charge in [-0.25, -0.2) is 0 Å². The van der Waals surface area contributed by atoms with Crippen molar-refractivity contribution < 1.29 is 27.1 Å². The predicted molar refractivity (Wildman–Crippen MR) is 107 cm³/mol. The molecule has 0 N–H and O–H groups in total. The molecule has 2 aliphatic rings. The Morgan fingerprint density at radius 2 is 1.61 bits per heavy atom. The van der Waals surface area contributed by atoms with Gasteiger partial charge in [0.25, 0.3) is 0 Å². The largest absolute Gasteiger partial charge is 0.456 e. The van der Waals surface area contributed by atoms with Crippen molar-refractivity contribution in [3.05, 3.63) is 0 Å². The molecule has 7 heteroatoms. The van der Waals surface area contributed by atoms with Gasteiger partial charge in [-0.15, -0.1) is 0 Å². The van der Waals surface area contributed by atoms with E-state index < -0.39 is 38.6 Å². The molecule has 2 rings (SSSR count). The van der Waals surface area contributed by atoms with Gasteiger partial charge >= 0.3 is 12.1 Å². The molecule has 0 aromatic rings. The fourth-order valence-corrected chi connectivity index (χ4v) is 11.7. The molecule has 28 heavy (non-hydrogen) atoms. The maximum absolute atomic E-state index is 12.7. The number of fused-ring (bicyclic) bond motifs is 1. The maximum atomic E-state index is 12.7. The van der Waals surface area contributed by atoms with Gasteiger partial charge in [0.05, 0.1) is 11.5 Å². The van der Waals surface area contributed by atoms with E-state index in [1.807, 2.05) is 0 Å². The number of halogens is 3. The van der Waals surface area contributed by atoms with Gasteiger partial charge in [0.1, 0.15) is 0 Å². The highest BCUT2D eigenvalue weighted by molar-refractivity contribution is 6.77. The standard InChI is InChI=1S/C21H37F3O3Si/c1-14(2)28(15(3)4,16(5)6)27-20-11-9-7-8-10-17(20)12-18(20)19(25)26-13-21(22,23)24/h14-18H,7-13H2,1-6H3/t17-,18-,20+/m0/s1. The number of hydrogen-bond donors (Lipinski definition) is 0. The second-order valence-corrected chi connectivity index (χ2v) is 15.1. The summed E-state index contributed by atoms with van der Waals surface area (Å²) in [4.78, 5) is 12.7. The Morgan fingerprint density at radius 3 is 2.11 bits per heavy atom. The molecule has 2 saturated carbocycles. The Hall–Kier alpha value is -0.563. The van der Waals surface area contributed by atoms with E-state index in [-0.39, 0.29) is 5.92 Å². The third-order valence-corrected chi connectivity index (χ3v) is 13.3. The maximum Gasteiger partial charge on any atom is 0.422 e. The first-order chi connectivity index (χ1) is 12.9. The zero-order valence-electron chi connectivity index (χ0n) is 18.2. The first-order valence-electron chi connectivity index (χ1n) is 10.8. The average molecular weight is 423 g/mol. The van der Waals surface area contributed by atoms with Crippen molar-refractivity contribution in [3.63, 3.8) is 0 Å². The van der Waals surface area contributed by atoms with Crippen LogP contribution in [0.15, 0.2) is 0 Å². The first-order valence-corrected chi connectivity index (χ1v) is 12.9. The molecule has 0 spiro atoms. The molecule has 0 bridgehead atoms. The number of carbonyl (C=O) groups excluding carboxylic acids is 1. The molecule has 0 saturated heterocycles. The topological polar surface area (TPSA) is 35.5 Å². The summed E-state index contributed by atoms with van der Waals surface area (Å²) in [6, 6.07) is 0. The van der Waals surface area contributed by atoms with Gasteiger partial charge < -0.3 is 9.16 Å². The fraction of sp³-hybridized carbons (Fsp3) is 0.952. The van der Waals surface area contributed by atoms with Crippen molar-refractivity contribution >= 4 is 14.3 Å². The third-order valence-electron chi connectivity index (χ3n) is 7.16. The SMILES string of the molecule is CC(C)[Si](O[C@]12CCCCC[C@H]1C[C@H]2C(=O)OCC(F)(F)F)(C(C)C)C(C)C. The van der Waals surface area contributed by atoms with Crippen LogP contribution in [0.4, 0.5) is 13.2 Å². The van der Waals surface area contributed by atoms with Crippen LogP contribution in [0, 0.1) is 11.8 Å².